The molecule has 2 unspecified atom stereocenters. The minimum Gasteiger partial charge on any atom is -0.480 e. The van der Waals surface area contributed by atoms with E-state index in [4.69, 9.17) is 4.74 Å². The molecule has 0 bridgehead atoms. The molecule has 1 aliphatic rings. The molecule has 0 aromatic rings. The van der Waals surface area contributed by atoms with Crippen molar-refractivity contribution in [3.63, 3.8) is 0 Å². The lowest BCUT2D eigenvalue weighted by atomic mass is 9.94. The van der Waals surface area contributed by atoms with Gasteiger partial charge in [-0.15, -0.1) is 0 Å². The number of ether oxygens (including phenoxy) is 1. The van der Waals surface area contributed by atoms with Gasteiger partial charge in [-0.25, -0.2) is 0 Å². The standard InChI is InChI=1S/C16H32N2O3/c1-5-18(12-14-8-6-11-21-14)10-7-9-16(4,15(19)20)17-13(2)3/h13-14,17H,5-12H2,1-4H3,(H,19,20). The Morgan fingerprint density at radius 2 is 2.24 bits per heavy atom. The van der Waals surface area contributed by atoms with Gasteiger partial charge in [0.2, 0.25) is 0 Å². The second-order valence-corrected chi connectivity index (χ2v) is 6.57. The van der Waals surface area contributed by atoms with Gasteiger partial charge in [0.15, 0.2) is 0 Å². The normalized spacial score (nSPS) is 21.9. The molecule has 21 heavy (non-hydrogen) atoms. The zero-order chi connectivity index (χ0) is 15.9. The van der Waals surface area contributed by atoms with E-state index in [9.17, 15) is 9.90 Å². The predicted octanol–water partition coefficient (Wildman–Crippen LogP) is 2.11. The van der Waals surface area contributed by atoms with E-state index in [0.717, 1.165) is 45.5 Å². The van der Waals surface area contributed by atoms with Crippen molar-refractivity contribution in [2.45, 2.75) is 71.1 Å². The lowest BCUT2D eigenvalue weighted by Gasteiger charge is -2.30. The summed E-state index contributed by atoms with van der Waals surface area (Å²) in [5.74, 6) is -0.765. The second-order valence-electron chi connectivity index (χ2n) is 6.57. The molecule has 0 spiro atoms. The van der Waals surface area contributed by atoms with Gasteiger partial charge >= 0.3 is 5.97 Å². The number of hydrogen-bond acceptors (Lipinski definition) is 4. The molecule has 0 aliphatic carbocycles. The fourth-order valence-corrected chi connectivity index (χ4v) is 2.99. The Labute approximate surface area is 129 Å². The number of carbonyl (C=O) groups is 1. The van der Waals surface area contributed by atoms with Crippen LogP contribution in [0.2, 0.25) is 0 Å². The third-order valence-electron chi connectivity index (χ3n) is 4.16. The molecule has 5 nitrogen and oxygen atoms in total. The summed E-state index contributed by atoms with van der Waals surface area (Å²) < 4.78 is 5.68. The Kier molecular flexibility index (Phi) is 7.63. The molecule has 0 saturated carbocycles. The first-order chi connectivity index (χ1) is 9.87. The molecule has 1 saturated heterocycles. The third-order valence-corrected chi connectivity index (χ3v) is 4.16. The topological polar surface area (TPSA) is 61.8 Å². The summed E-state index contributed by atoms with van der Waals surface area (Å²) in [6.45, 7) is 11.7. The highest BCUT2D eigenvalue weighted by atomic mass is 16.5. The first-order valence-corrected chi connectivity index (χ1v) is 8.22. The number of hydrogen-bond donors (Lipinski definition) is 2. The van der Waals surface area contributed by atoms with Crippen LogP contribution in [-0.4, -0.2) is 59.9 Å². The van der Waals surface area contributed by atoms with E-state index in [1.807, 2.05) is 13.8 Å². The number of nitrogens with one attached hydrogen (secondary N) is 1. The first kappa shape index (κ1) is 18.4. The Morgan fingerprint density at radius 1 is 1.52 bits per heavy atom. The molecule has 0 radical (unpaired) electrons. The molecule has 0 amide bonds. The van der Waals surface area contributed by atoms with Crippen LogP contribution >= 0.6 is 0 Å². The number of likely N-dealkylation sites (N-methyl/N-ethyl adjacent to an activating group) is 1. The average molecular weight is 300 g/mol. The SMILES string of the molecule is CCN(CCCC(C)(NC(C)C)C(=O)O)CC1CCCO1. The molecular formula is C16H32N2O3. The summed E-state index contributed by atoms with van der Waals surface area (Å²) in [5, 5.41) is 12.6. The smallest absolute Gasteiger partial charge is 0.323 e. The Hall–Kier alpha value is -0.650. The molecule has 124 valence electrons. The van der Waals surface area contributed by atoms with E-state index in [1.54, 1.807) is 6.92 Å². The van der Waals surface area contributed by atoms with Crippen molar-refractivity contribution in [3.05, 3.63) is 0 Å². The van der Waals surface area contributed by atoms with E-state index in [-0.39, 0.29) is 6.04 Å². The van der Waals surface area contributed by atoms with Crippen molar-refractivity contribution in [3.8, 4) is 0 Å². The van der Waals surface area contributed by atoms with Gasteiger partial charge < -0.3 is 14.7 Å². The van der Waals surface area contributed by atoms with Crippen molar-refractivity contribution in [2.75, 3.05) is 26.2 Å². The van der Waals surface area contributed by atoms with Crippen LogP contribution in [0.3, 0.4) is 0 Å². The molecule has 1 rings (SSSR count). The number of aliphatic carboxylic acids is 1. The summed E-state index contributed by atoms with van der Waals surface area (Å²) in [5.41, 5.74) is -0.836. The maximum Gasteiger partial charge on any atom is 0.323 e. The molecule has 2 N–H and O–H groups in total. The first-order valence-electron chi connectivity index (χ1n) is 8.22. The van der Waals surface area contributed by atoms with Gasteiger partial charge in [-0.3, -0.25) is 10.1 Å². The van der Waals surface area contributed by atoms with Crippen LogP contribution in [0.5, 0.6) is 0 Å². The number of nitrogens with zero attached hydrogens (tertiary/aromatic N) is 1. The van der Waals surface area contributed by atoms with Crippen molar-refractivity contribution in [2.24, 2.45) is 0 Å². The van der Waals surface area contributed by atoms with Crippen LogP contribution in [-0.2, 0) is 9.53 Å². The highest BCUT2D eigenvalue weighted by molar-refractivity contribution is 5.78. The molecule has 1 aliphatic heterocycles. The minimum absolute atomic E-state index is 0.167. The zero-order valence-electron chi connectivity index (χ0n) is 14.0. The molecular weight excluding hydrogens is 268 g/mol. The number of carboxylic acids is 1. The van der Waals surface area contributed by atoms with Gasteiger partial charge in [0.05, 0.1) is 6.10 Å². The summed E-state index contributed by atoms with van der Waals surface area (Å²) in [6.07, 6.45) is 4.20. The molecule has 5 heteroatoms. The van der Waals surface area contributed by atoms with Crippen molar-refractivity contribution >= 4 is 5.97 Å². The van der Waals surface area contributed by atoms with E-state index < -0.39 is 11.5 Å². The minimum atomic E-state index is -0.836. The van der Waals surface area contributed by atoms with Gasteiger partial charge in [0.25, 0.3) is 0 Å². The molecule has 0 aromatic carbocycles. The van der Waals surface area contributed by atoms with Gasteiger partial charge in [-0.05, 0) is 59.5 Å². The van der Waals surface area contributed by atoms with Crippen molar-refractivity contribution < 1.29 is 14.6 Å². The highest BCUT2D eigenvalue weighted by Crippen LogP contribution is 2.17. The summed E-state index contributed by atoms with van der Waals surface area (Å²) >= 11 is 0. The van der Waals surface area contributed by atoms with Crippen molar-refractivity contribution in [1.82, 2.24) is 10.2 Å². The van der Waals surface area contributed by atoms with Crippen LogP contribution in [0.1, 0.15) is 53.4 Å². The molecule has 2 atom stereocenters. The second kappa shape index (κ2) is 8.71. The summed E-state index contributed by atoms with van der Waals surface area (Å²) in [7, 11) is 0. The number of rotatable bonds is 10. The van der Waals surface area contributed by atoms with Crippen LogP contribution in [0.25, 0.3) is 0 Å². The quantitative estimate of drug-likeness (QED) is 0.647. The van der Waals surface area contributed by atoms with Gasteiger partial charge in [-0.2, -0.15) is 0 Å². The fourth-order valence-electron chi connectivity index (χ4n) is 2.99. The van der Waals surface area contributed by atoms with Crippen LogP contribution in [0, 0.1) is 0 Å². The van der Waals surface area contributed by atoms with Gasteiger partial charge in [0, 0.05) is 19.2 Å². The fraction of sp³-hybridized carbons (Fsp3) is 0.938. The largest absolute Gasteiger partial charge is 0.480 e. The maximum absolute atomic E-state index is 11.5. The maximum atomic E-state index is 11.5. The van der Waals surface area contributed by atoms with E-state index in [0.29, 0.717) is 12.5 Å². The van der Waals surface area contributed by atoms with E-state index >= 15 is 0 Å². The monoisotopic (exact) mass is 300 g/mol. The Bertz CT molecular complexity index is 317. The van der Waals surface area contributed by atoms with E-state index in [1.165, 1.54) is 0 Å². The van der Waals surface area contributed by atoms with Crippen LogP contribution < -0.4 is 5.32 Å². The summed E-state index contributed by atoms with van der Waals surface area (Å²) in [6, 6.07) is 0.167. The Morgan fingerprint density at radius 3 is 2.71 bits per heavy atom. The van der Waals surface area contributed by atoms with Crippen LogP contribution in [0.4, 0.5) is 0 Å². The highest BCUT2D eigenvalue weighted by Gasteiger charge is 2.33. The van der Waals surface area contributed by atoms with Gasteiger partial charge in [-0.1, -0.05) is 6.92 Å². The molecule has 0 aromatic heterocycles. The van der Waals surface area contributed by atoms with Crippen LogP contribution in [0.15, 0.2) is 0 Å². The lowest BCUT2D eigenvalue weighted by Crippen LogP contribution is -2.52. The average Bonchev–Trinajstić information content (AvgIpc) is 2.89. The molecule has 1 heterocycles. The molecule has 1 fully saturated rings. The zero-order valence-corrected chi connectivity index (χ0v) is 14.0. The predicted molar refractivity (Wildman–Crippen MR) is 84.6 cm³/mol. The number of carboxylic acid groups (broad SMARTS) is 1. The van der Waals surface area contributed by atoms with Crippen molar-refractivity contribution in [1.29, 1.82) is 0 Å². The summed E-state index contributed by atoms with van der Waals surface area (Å²) in [4.78, 5) is 13.9. The van der Waals surface area contributed by atoms with Gasteiger partial charge in [0.1, 0.15) is 5.54 Å². The third kappa shape index (κ3) is 6.32. The van der Waals surface area contributed by atoms with E-state index in [2.05, 4.69) is 17.1 Å². The Balaban J connectivity index is 2.38. The lowest BCUT2D eigenvalue weighted by molar-refractivity contribution is -0.144.